The molecule has 0 aliphatic rings. The molecule has 0 bridgehead atoms. The molecule has 0 radical (unpaired) electrons. The highest BCUT2D eigenvalue weighted by Gasteiger charge is 2.15. The van der Waals surface area contributed by atoms with Gasteiger partial charge in [0.15, 0.2) is 0 Å². The Balaban J connectivity index is 1.97. The van der Waals surface area contributed by atoms with Crippen LogP contribution in [0.25, 0.3) is 11.3 Å². The van der Waals surface area contributed by atoms with Gasteiger partial charge in [-0.1, -0.05) is 76.2 Å². The van der Waals surface area contributed by atoms with E-state index in [9.17, 15) is 0 Å². The molecule has 1 atom stereocenters. The van der Waals surface area contributed by atoms with E-state index in [1.807, 2.05) is 6.20 Å². The first kappa shape index (κ1) is 16.4. The summed E-state index contributed by atoms with van der Waals surface area (Å²) in [5.74, 6) is 0.372. The number of nitrogens with zero attached hydrogens (tertiary/aromatic N) is 1. The summed E-state index contributed by atoms with van der Waals surface area (Å²) >= 11 is 0. The molecule has 1 heterocycles. The van der Waals surface area contributed by atoms with E-state index in [0.717, 1.165) is 5.69 Å². The van der Waals surface area contributed by atoms with Crippen molar-refractivity contribution >= 4 is 0 Å². The normalized spacial score (nSPS) is 12.8. The Morgan fingerprint density at radius 3 is 2.21 bits per heavy atom. The van der Waals surface area contributed by atoms with Gasteiger partial charge in [0.2, 0.25) is 0 Å². The van der Waals surface area contributed by atoms with Crippen LogP contribution in [0.5, 0.6) is 0 Å². The highest BCUT2D eigenvalue weighted by molar-refractivity contribution is 5.61. The molecule has 1 heteroatoms. The zero-order valence-corrected chi connectivity index (χ0v) is 15.0. The Labute approximate surface area is 145 Å². The minimum atomic E-state index is 0.132. The molecule has 0 aliphatic carbocycles. The summed E-state index contributed by atoms with van der Waals surface area (Å²) in [6, 6.07) is 23.7. The minimum Gasteiger partial charge on any atom is -0.256 e. The summed E-state index contributed by atoms with van der Waals surface area (Å²) in [6.45, 7) is 8.97. The minimum absolute atomic E-state index is 0.132. The summed E-state index contributed by atoms with van der Waals surface area (Å²) in [7, 11) is 0. The van der Waals surface area contributed by atoms with Gasteiger partial charge in [0.1, 0.15) is 0 Å². The molecule has 1 unspecified atom stereocenters. The van der Waals surface area contributed by atoms with Gasteiger partial charge in [-0.05, 0) is 40.3 Å². The first-order valence-corrected chi connectivity index (χ1v) is 8.57. The molecule has 0 N–H and O–H groups in total. The topological polar surface area (TPSA) is 12.9 Å². The van der Waals surface area contributed by atoms with Crippen LogP contribution in [0.15, 0.2) is 72.9 Å². The summed E-state index contributed by atoms with van der Waals surface area (Å²) in [5, 5.41) is 0. The Hall–Kier alpha value is -2.41. The molecule has 122 valence electrons. The van der Waals surface area contributed by atoms with Crippen LogP contribution in [0.2, 0.25) is 0 Å². The molecule has 0 spiro atoms. The Morgan fingerprint density at radius 2 is 1.50 bits per heavy atom. The third kappa shape index (κ3) is 3.56. The molecule has 1 aromatic heterocycles. The lowest BCUT2D eigenvalue weighted by Crippen LogP contribution is -2.11. The quantitative estimate of drug-likeness (QED) is 0.561. The third-order valence-corrected chi connectivity index (χ3v) is 4.61. The van der Waals surface area contributed by atoms with Crippen LogP contribution >= 0.6 is 0 Å². The molecule has 0 saturated heterocycles. The molecule has 24 heavy (non-hydrogen) atoms. The molecule has 3 aromatic rings. The van der Waals surface area contributed by atoms with Crippen molar-refractivity contribution < 1.29 is 0 Å². The van der Waals surface area contributed by atoms with E-state index in [0.29, 0.717) is 5.92 Å². The van der Waals surface area contributed by atoms with Crippen LogP contribution in [-0.2, 0) is 5.41 Å². The number of benzene rings is 2. The zero-order valence-electron chi connectivity index (χ0n) is 15.0. The highest BCUT2D eigenvalue weighted by atomic mass is 14.7. The molecule has 3 rings (SSSR count). The molecule has 2 aromatic carbocycles. The van der Waals surface area contributed by atoms with Crippen LogP contribution in [0.3, 0.4) is 0 Å². The van der Waals surface area contributed by atoms with Crippen LogP contribution < -0.4 is 0 Å². The van der Waals surface area contributed by atoms with Crippen molar-refractivity contribution in [3.8, 4) is 11.3 Å². The molecule has 0 aliphatic heterocycles. The van der Waals surface area contributed by atoms with Crippen molar-refractivity contribution in [2.24, 2.45) is 0 Å². The second-order valence-electron chi connectivity index (χ2n) is 7.44. The van der Waals surface area contributed by atoms with E-state index in [1.165, 1.54) is 22.3 Å². The summed E-state index contributed by atoms with van der Waals surface area (Å²) in [4.78, 5) is 4.60. The van der Waals surface area contributed by atoms with Crippen molar-refractivity contribution in [1.29, 1.82) is 0 Å². The number of hydrogen-bond acceptors (Lipinski definition) is 1. The van der Waals surface area contributed by atoms with Gasteiger partial charge in [0, 0.05) is 17.7 Å². The second-order valence-corrected chi connectivity index (χ2v) is 7.44. The van der Waals surface area contributed by atoms with E-state index in [4.69, 9.17) is 0 Å². The number of hydrogen-bond donors (Lipinski definition) is 0. The maximum Gasteiger partial charge on any atom is 0.0704 e. The summed E-state index contributed by atoms with van der Waals surface area (Å²) in [5.41, 5.74) is 6.33. The lowest BCUT2D eigenvalue weighted by atomic mass is 9.86. The molecule has 0 fully saturated rings. The van der Waals surface area contributed by atoms with Gasteiger partial charge in [0.25, 0.3) is 0 Å². The van der Waals surface area contributed by atoms with Gasteiger partial charge in [-0.15, -0.1) is 0 Å². The van der Waals surface area contributed by atoms with Crippen molar-refractivity contribution in [1.82, 2.24) is 4.98 Å². The Morgan fingerprint density at radius 1 is 0.792 bits per heavy atom. The van der Waals surface area contributed by atoms with E-state index in [1.54, 1.807) is 0 Å². The van der Waals surface area contributed by atoms with Crippen molar-refractivity contribution in [2.75, 3.05) is 0 Å². The van der Waals surface area contributed by atoms with Gasteiger partial charge in [-0.2, -0.15) is 0 Å². The zero-order chi connectivity index (χ0) is 17.2. The Bertz CT molecular complexity index is 813. The predicted octanol–water partition coefficient (Wildman–Crippen LogP) is 6.20. The smallest absolute Gasteiger partial charge is 0.0704 e. The third-order valence-electron chi connectivity index (χ3n) is 4.61. The van der Waals surface area contributed by atoms with Gasteiger partial charge >= 0.3 is 0 Å². The van der Waals surface area contributed by atoms with Crippen molar-refractivity contribution in [3.63, 3.8) is 0 Å². The van der Waals surface area contributed by atoms with E-state index in [-0.39, 0.29) is 5.41 Å². The monoisotopic (exact) mass is 315 g/mol. The standard InChI is InChI=1S/C23H25N/c1-17(18-9-6-5-7-10-18)19-11-8-12-20(15-19)22-16-21(13-14-24-22)23(2,3)4/h5-17H,1-4H3. The van der Waals surface area contributed by atoms with Gasteiger partial charge in [-0.3, -0.25) is 4.98 Å². The number of pyridine rings is 1. The number of aromatic nitrogens is 1. The second kappa shape index (κ2) is 6.60. The lowest BCUT2D eigenvalue weighted by Gasteiger charge is -2.19. The molecule has 0 saturated carbocycles. The largest absolute Gasteiger partial charge is 0.256 e. The fourth-order valence-electron chi connectivity index (χ4n) is 2.96. The highest BCUT2D eigenvalue weighted by Crippen LogP contribution is 2.29. The molecular weight excluding hydrogens is 290 g/mol. The SMILES string of the molecule is CC(c1ccccc1)c1cccc(-c2cc(C(C)(C)C)ccn2)c1. The van der Waals surface area contributed by atoms with Crippen LogP contribution in [-0.4, -0.2) is 4.98 Å². The van der Waals surface area contributed by atoms with Crippen molar-refractivity contribution in [2.45, 2.75) is 39.0 Å². The van der Waals surface area contributed by atoms with Crippen LogP contribution in [0.4, 0.5) is 0 Å². The van der Waals surface area contributed by atoms with Crippen LogP contribution in [0.1, 0.15) is 50.3 Å². The average Bonchev–Trinajstić information content (AvgIpc) is 2.61. The number of rotatable bonds is 3. The van der Waals surface area contributed by atoms with E-state index in [2.05, 4.69) is 99.4 Å². The molecular formula is C23H25N. The fourth-order valence-corrected chi connectivity index (χ4v) is 2.96. The average molecular weight is 315 g/mol. The van der Waals surface area contributed by atoms with E-state index >= 15 is 0 Å². The summed E-state index contributed by atoms with van der Waals surface area (Å²) in [6.07, 6.45) is 1.92. The predicted molar refractivity (Wildman–Crippen MR) is 102 cm³/mol. The van der Waals surface area contributed by atoms with Crippen molar-refractivity contribution in [3.05, 3.63) is 89.6 Å². The van der Waals surface area contributed by atoms with Gasteiger partial charge in [-0.25, -0.2) is 0 Å². The van der Waals surface area contributed by atoms with Gasteiger partial charge in [0.05, 0.1) is 5.69 Å². The summed E-state index contributed by atoms with van der Waals surface area (Å²) < 4.78 is 0. The van der Waals surface area contributed by atoms with E-state index < -0.39 is 0 Å². The first-order chi connectivity index (χ1) is 11.4. The van der Waals surface area contributed by atoms with Crippen LogP contribution in [0, 0.1) is 0 Å². The maximum atomic E-state index is 4.60. The Kier molecular flexibility index (Phi) is 4.53. The fraction of sp³-hybridized carbons (Fsp3) is 0.261. The van der Waals surface area contributed by atoms with Gasteiger partial charge < -0.3 is 0 Å². The first-order valence-electron chi connectivity index (χ1n) is 8.57. The molecule has 1 nitrogen and oxygen atoms in total. The maximum absolute atomic E-state index is 4.60. The lowest BCUT2D eigenvalue weighted by molar-refractivity contribution is 0.589. The molecule has 0 amide bonds.